The third kappa shape index (κ3) is 6.27. The molecule has 0 aromatic heterocycles. The summed E-state index contributed by atoms with van der Waals surface area (Å²) in [5.41, 5.74) is 0. The number of aliphatic hydroxyl groups excluding tert-OH is 8. The van der Waals surface area contributed by atoms with Gasteiger partial charge in [0.05, 0.1) is 31.5 Å². The highest BCUT2D eigenvalue weighted by atomic mass is 16.8. The Bertz CT molecular complexity index is 701. The van der Waals surface area contributed by atoms with E-state index in [-0.39, 0.29) is 6.42 Å². The minimum absolute atomic E-state index is 0.0719. The molecule has 15 heteroatoms. The molecule has 3 fully saturated rings. The van der Waals surface area contributed by atoms with Gasteiger partial charge >= 0.3 is 0 Å². The molecule has 9 N–H and O–H groups in total. The van der Waals surface area contributed by atoms with E-state index in [9.17, 15) is 45.6 Å². The molecule has 0 unspecified atom stereocenters. The standard InChI is InChI=1S/C20H35NO14/c1-6-12(26)15(29)17(35-19-13(27)9(25)3-8(4-22)32-19)20(31-6)34-16-10(5-23)33-18(30)11(14(16)28)21-7(2)24/h6,8-20,22-23,25-30H,3-5H2,1-2H3,(H,21,24)/t6-,8-,9-,10+,11+,12-,13+,14+,15+,16+,17+,18+,19+,20+/m0/s1. The van der Waals surface area contributed by atoms with Gasteiger partial charge < -0.3 is 69.9 Å². The molecule has 3 heterocycles. The maximum atomic E-state index is 11.5. The second-order valence-corrected chi connectivity index (χ2v) is 8.96. The lowest BCUT2D eigenvalue weighted by Gasteiger charge is -2.48. The minimum atomic E-state index is -1.67. The summed E-state index contributed by atoms with van der Waals surface area (Å²) >= 11 is 0. The molecule has 15 nitrogen and oxygen atoms in total. The van der Waals surface area contributed by atoms with Crippen molar-refractivity contribution in [3.05, 3.63) is 0 Å². The Labute approximate surface area is 200 Å². The molecule has 204 valence electrons. The van der Waals surface area contributed by atoms with E-state index in [1.807, 2.05) is 0 Å². The molecule has 0 radical (unpaired) electrons. The van der Waals surface area contributed by atoms with Crippen LogP contribution >= 0.6 is 0 Å². The van der Waals surface area contributed by atoms with Gasteiger partial charge in [0.15, 0.2) is 18.9 Å². The van der Waals surface area contributed by atoms with Gasteiger partial charge in [-0.25, -0.2) is 0 Å². The van der Waals surface area contributed by atoms with Crippen LogP contribution in [0.25, 0.3) is 0 Å². The quantitative estimate of drug-likeness (QED) is 0.155. The Kier molecular flexibility index (Phi) is 9.78. The minimum Gasteiger partial charge on any atom is -0.394 e. The number of hydrogen-bond donors (Lipinski definition) is 9. The molecule has 3 saturated heterocycles. The summed E-state index contributed by atoms with van der Waals surface area (Å²) in [6.07, 6.45) is -18.6. The Hall–Kier alpha value is -1.05. The van der Waals surface area contributed by atoms with Gasteiger partial charge in [0, 0.05) is 13.3 Å². The topological polar surface area (TPSA) is 237 Å². The third-order valence-electron chi connectivity index (χ3n) is 6.32. The van der Waals surface area contributed by atoms with Crippen LogP contribution in [0.5, 0.6) is 0 Å². The number of aliphatic hydroxyl groups is 8. The predicted octanol–water partition coefficient (Wildman–Crippen LogP) is -5.37. The Balaban J connectivity index is 1.83. The Morgan fingerprint density at radius 3 is 2.11 bits per heavy atom. The average Bonchev–Trinajstić information content (AvgIpc) is 2.81. The lowest BCUT2D eigenvalue weighted by molar-refractivity contribution is -0.375. The van der Waals surface area contributed by atoms with Crippen LogP contribution in [0.2, 0.25) is 0 Å². The van der Waals surface area contributed by atoms with E-state index in [0.29, 0.717) is 0 Å². The van der Waals surface area contributed by atoms with Crippen LogP contribution in [-0.4, -0.2) is 146 Å². The highest BCUT2D eigenvalue weighted by Crippen LogP contribution is 2.32. The van der Waals surface area contributed by atoms with Crippen LogP contribution in [0, 0.1) is 0 Å². The fourth-order valence-electron chi connectivity index (χ4n) is 4.35. The van der Waals surface area contributed by atoms with Crippen molar-refractivity contribution in [3.8, 4) is 0 Å². The zero-order chi connectivity index (χ0) is 26.0. The van der Waals surface area contributed by atoms with E-state index in [0.717, 1.165) is 6.92 Å². The first-order valence-electron chi connectivity index (χ1n) is 11.3. The summed E-state index contributed by atoms with van der Waals surface area (Å²) in [5.74, 6) is -0.583. The Morgan fingerprint density at radius 1 is 0.857 bits per heavy atom. The van der Waals surface area contributed by atoms with E-state index in [2.05, 4.69) is 5.32 Å². The van der Waals surface area contributed by atoms with Gasteiger partial charge in [0.25, 0.3) is 0 Å². The summed E-state index contributed by atoms with van der Waals surface area (Å²) in [5, 5.41) is 83.7. The van der Waals surface area contributed by atoms with Crippen LogP contribution in [0.15, 0.2) is 0 Å². The molecule has 0 spiro atoms. The van der Waals surface area contributed by atoms with Crippen molar-refractivity contribution < 1.29 is 69.3 Å². The summed E-state index contributed by atoms with van der Waals surface area (Å²) in [6.45, 7) is 1.40. The van der Waals surface area contributed by atoms with Crippen molar-refractivity contribution >= 4 is 5.91 Å². The summed E-state index contributed by atoms with van der Waals surface area (Å²) < 4.78 is 27.8. The van der Waals surface area contributed by atoms with E-state index in [1.165, 1.54) is 6.92 Å². The number of ether oxygens (including phenoxy) is 5. The average molecular weight is 513 g/mol. The van der Waals surface area contributed by atoms with Crippen LogP contribution in [0.3, 0.4) is 0 Å². The van der Waals surface area contributed by atoms with E-state index >= 15 is 0 Å². The highest BCUT2D eigenvalue weighted by molar-refractivity contribution is 5.73. The summed E-state index contributed by atoms with van der Waals surface area (Å²) in [6, 6.07) is -1.33. The molecule has 35 heavy (non-hydrogen) atoms. The van der Waals surface area contributed by atoms with Crippen molar-refractivity contribution in [2.24, 2.45) is 0 Å². The fourth-order valence-corrected chi connectivity index (χ4v) is 4.35. The van der Waals surface area contributed by atoms with Crippen molar-refractivity contribution in [2.75, 3.05) is 13.2 Å². The Morgan fingerprint density at radius 2 is 1.51 bits per heavy atom. The van der Waals surface area contributed by atoms with Gasteiger partial charge in [-0.2, -0.15) is 0 Å². The summed E-state index contributed by atoms with van der Waals surface area (Å²) in [4.78, 5) is 11.5. The smallest absolute Gasteiger partial charge is 0.217 e. The van der Waals surface area contributed by atoms with E-state index in [1.54, 1.807) is 0 Å². The lowest BCUT2D eigenvalue weighted by Crippen LogP contribution is -2.67. The first-order chi connectivity index (χ1) is 16.5. The molecule has 0 aromatic carbocycles. The molecule has 3 aliphatic heterocycles. The van der Waals surface area contributed by atoms with Gasteiger partial charge in [0.1, 0.15) is 48.8 Å². The van der Waals surface area contributed by atoms with Crippen LogP contribution in [0.1, 0.15) is 20.3 Å². The molecule has 0 bridgehead atoms. The maximum absolute atomic E-state index is 11.5. The first-order valence-corrected chi connectivity index (χ1v) is 11.3. The van der Waals surface area contributed by atoms with Crippen molar-refractivity contribution in [1.29, 1.82) is 0 Å². The molecule has 0 saturated carbocycles. The molecule has 0 aromatic rings. The second-order valence-electron chi connectivity index (χ2n) is 8.96. The normalized spacial score (nSPS) is 49.0. The third-order valence-corrected chi connectivity index (χ3v) is 6.32. The van der Waals surface area contributed by atoms with Gasteiger partial charge in [-0.3, -0.25) is 4.79 Å². The lowest BCUT2D eigenvalue weighted by atomic mass is 9.95. The molecular formula is C20H35NO14. The molecule has 3 rings (SSSR count). The van der Waals surface area contributed by atoms with Crippen molar-refractivity contribution in [2.45, 2.75) is 106 Å². The second kappa shape index (κ2) is 12.0. The SMILES string of the molecule is CC(=O)N[C@@H]1[C@@H](O)[C@H](O[C@H]2O[C@@H](C)[C@H](O)[C@@H](O)[C@H]2O[C@H]2O[C@H](CO)C[C@H](O)[C@H]2O)[C@@H](CO)O[C@H]1O. The summed E-state index contributed by atoms with van der Waals surface area (Å²) in [7, 11) is 0. The molecule has 0 aliphatic carbocycles. The van der Waals surface area contributed by atoms with Crippen molar-refractivity contribution in [1.82, 2.24) is 5.32 Å². The van der Waals surface area contributed by atoms with Crippen LogP contribution in [-0.2, 0) is 28.5 Å². The number of carbonyl (C=O) groups is 1. The highest BCUT2D eigenvalue weighted by Gasteiger charge is 2.52. The number of amides is 1. The van der Waals surface area contributed by atoms with Crippen LogP contribution in [0.4, 0.5) is 0 Å². The van der Waals surface area contributed by atoms with E-state index < -0.39 is 105 Å². The fraction of sp³-hybridized carbons (Fsp3) is 0.950. The largest absolute Gasteiger partial charge is 0.394 e. The van der Waals surface area contributed by atoms with Gasteiger partial charge in [-0.15, -0.1) is 0 Å². The van der Waals surface area contributed by atoms with Crippen LogP contribution < -0.4 is 5.32 Å². The zero-order valence-corrected chi connectivity index (χ0v) is 19.2. The number of hydrogen-bond acceptors (Lipinski definition) is 14. The van der Waals surface area contributed by atoms with Gasteiger partial charge in [0.2, 0.25) is 5.91 Å². The van der Waals surface area contributed by atoms with Gasteiger partial charge in [-0.1, -0.05) is 0 Å². The molecule has 3 aliphatic rings. The molecular weight excluding hydrogens is 478 g/mol. The monoisotopic (exact) mass is 513 g/mol. The van der Waals surface area contributed by atoms with E-state index in [4.69, 9.17) is 23.7 Å². The number of rotatable bonds is 7. The first kappa shape index (κ1) is 28.5. The number of nitrogens with one attached hydrogen (secondary N) is 1. The van der Waals surface area contributed by atoms with Crippen molar-refractivity contribution in [3.63, 3.8) is 0 Å². The number of carbonyl (C=O) groups excluding carboxylic acids is 1. The molecule has 1 amide bonds. The predicted molar refractivity (Wildman–Crippen MR) is 110 cm³/mol. The zero-order valence-electron chi connectivity index (χ0n) is 19.2. The maximum Gasteiger partial charge on any atom is 0.217 e. The van der Waals surface area contributed by atoms with Gasteiger partial charge in [-0.05, 0) is 6.92 Å². The molecule has 14 atom stereocenters.